The lowest BCUT2D eigenvalue weighted by atomic mass is 9.71. The van der Waals surface area contributed by atoms with Crippen molar-refractivity contribution >= 4 is 0 Å². The molecule has 0 amide bonds. The Balaban J connectivity index is 1.95. The second-order valence-corrected chi connectivity index (χ2v) is 6.55. The van der Waals surface area contributed by atoms with Crippen LogP contribution in [0.3, 0.4) is 0 Å². The van der Waals surface area contributed by atoms with E-state index in [0.29, 0.717) is 11.5 Å². The van der Waals surface area contributed by atoms with E-state index in [2.05, 4.69) is 42.0 Å². The molecule has 1 fully saturated rings. The molecule has 0 radical (unpaired) electrons. The first-order valence-corrected chi connectivity index (χ1v) is 7.81. The van der Waals surface area contributed by atoms with E-state index in [0.717, 1.165) is 6.42 Å². The minimum atomic E-state index is 0.508. The smallest absolute Gasteiger partial charge is 0.108 e. The van der Waals surface area contributed by atoms with Crippen molar-refractivity contribution in [3.05, 3.63) is 18.2 Å². The highest BCUT2D eigenvalue weighted by molar-refractivity contribution is 4.95. The van der Waals surface area contributed by atoms with Crippen LogP contribution in [-0.2, 0) is 13.5 Å². The highest BCUT2D eigenvalue weighted by atomic mass is 15.0. The lowest BCUT2D eigenvalue weighted by molar-refractivity contribution is 0.162. The van der Waals surface area contributed by atoms with Gasteiger partial charge >= 0.3 is 0 Å². The van der Waals surface area contributed by atoms with Crippen LogP contribution in [0.5, 0.6) is 0 Å². The molecule has 1 aliphatic carbocycles. The van der Waals surface area contributed by atoms with Gasteiger partial charge in [-0.25, -0.2) is 4.98 Å². The molecule has 0 bridgehead atoms. The first-order valence-electron chi connectivity index (χ1n) is 7.81. The summed E-state index contributed by atoms with van der Waals surface area (Å²) in [6.45, 7) is 5.67. The third kappa shape index (κ3) is 4.07. The first kappa shape index (κ1) is 14.6. The van der Waals surface area contributed by atoms with E-state index in [4.69, 9.17) is 0 Å². The maximum Gasteiger partial charge on any atom is 0.108 e. The van der Waals surface area contributed by atoms with Crippen LogP contribution in [0.15, 0.2) is 12.4 Å². The van der Waals surface area contributed by atoms with Gasteiger partial charge in [-0.05, 0) is 24.7 Å². The van der Waals surface area contributed by atoms with Crippen LogP contribution < -0.4 is 5.32 Å². The average molecular weight is 263 g/mol. The fourth-order valence-electron chi connectivity index (χ4n) is 3.25. The van der Waals surface area contributed by atoms with Gasteiger partial charge < -0.3 is 9.88 Å². The minimum Gasteiger partial charge on any atom is -0.338 e. The standard InChI is InChI=1S/C16H29N3/c1-14(2)18-13-16(8-5-4-6-9-16)10-7-15-17-11-12-19(15)3/h11-12,14,18H,4-10,13H2,1-3H3. The molecule has 2 rings (SSSR count). The number of nitrogens with one attached hydrogen (secondary N) is 1. The van der Waals surface area contributed by atoms with Gasteiger partial charge in [0.25, 0.3) is 0 Å². The zero-order valence-corrected chi connectivity index (χ0v) is 12.8. The Labute approximate surface area is 117 Å². The van der Waals surface area contributed by atoms with E-state index in [1.807, 2.05) is 6.20 Å². The highest BCUT2D eigenvalue weighted by Gasteiger charge is 2.31. The number of aromatic nitrogens is 2. The van der Waals surface area contributed by atoms with Gasteiger partial charge in [0.15, 0.2) is 0 Å². The van der Waals surface area contributed by atoms with Crippen molar-refractivity contribution < 1.29 is 0 Å². The number of hydrogen-bond donors (Lipinski definition) is 1. The van der Waals surface area contributed by atoms with Crippen LogP contribution in [0.25, 0.3) is 0 Å². The molecule has 0 spiro atoms. The third-order valence-electron chi connectivity index (χ3n) is 4.60. The molecule has 108 valence electrons. The van der Waals surface area contributed by atoms with Crippen molar-refractivity contribution in [2.45, 2.75) is 64.8 Å². The van der Waals surface area contributed by atoms with Crippen LogP contribution in [0.4, 0.5) is 0 Å². The van der Waals surface area contributed by atoms with Crippen LogP contribution in [0, 0.1) is 5.41 Å². The van der Waals surface area contributed by atoms with Gasteiger partial charge in [-0.3, -0.25) is 0 Å². The van der Waals surface area contributed by atoms with E-state index in [1.165, 1.54) is 50.9 Å². The van der Waals surface area contributed by atoms with E-state index in [-0.39, 0.29) is 0 Å². The van der Waals surface area contributed by atoms with Crippen molar-refractivity contribution in [1.29, 1.82) is 0 Å². The Kier molecular flexibility index (Phi) is 5.03. The number of hydrogen-bond acceptors (Lipinski definition) is 2. The Hall–Kier alpha value is -0.830. The maximum atomic E-state index is 4.47. The minimum absolute atomic E-state index is 0.508. The number of rotatable bonds is 6. The second-order valence-electron chi connectivity index (χ2n) is 6.55. The Morgan fingerprint density at radius 2 is 2.05 bits per heavy atom. The lowest BCUT2D eigenvalue weighted by Gasteiger charge is -2.38. The van der Waals surface area contributed by atoms with E-state index in [1.54, 1.807) is 0 Å². The second kappa shape index (κ2) is 6.56. The first-order chi connectivity index (χ1) is 9.11. The summed E-state index contributed by atoms with van der Waals surface area (Å²) in [4.78, 5) is 4.47. The Morgan fingerprint density at radius 3 is 2.63 bits per heavy atom. The largest absolute Gasteiger partial charge is 0.338 e. The molecule has 1 saturated carbocycles. The van der Waals surface area contributed by atoms with Crippen molar-refractivity contribution in [3.63, 3.8) is 0 Å². The molecule has 0 aromatic carbocycles. The summed E-state index contributed by atoms with van der Waals surface area (Å²) in [5.74, 6) is 1.23. The van der Waals surface area contributed by atoms with Crippen LogP contribution in [0.2, 0.25) is 0 Å². The summed E-state index contributed by atoms with van der Waals surface area (Å²) < 4.78 is 2.16. The normalized spacial score (nSPS) is 18.9. The molecular weight excluding hydrogens is 234 g/mol. The molecular formula is C16H29N3. The van der Waals surface area contributed by atoms with E-state index >= 15 is 0 Å². The molecule has 0 saturated heterocycles. The number of aryl methyl sites for hydroxylation is 2. The van der Waals surface area contributed by atoms with Gasteiger partial charge in [0, 0.05) is 38.4 Å². The zero-order valence-electron chi connectivity index (χ0n) is 12.8. The summed E-state index contributed by atoms with van der Waals surface area (Å²) in [7, 11) is 2.10. The average Bonchev–Trinajstić information content (AvgIpc) is 2.81. The molecule has 0 atom stereocenters. The van der Waals surface area contributed by atoms with E-state index < -0.39 is 0 Å². The molecule has 1 N–H and O–H groups in total. The summed E-state index contributed by atoms with van der Waals surface area (Å²) in [5.41, 5.74) is 0.508. The van der Waals surface area contributed by atoms with Gasteiger partial charge in [-0.2, -0.15) is 0 Å². The summed E-state index contributed by atoms with van der Waals surface area (Å²) in [6.07, 6.45) is 13.4. The Bertz CT molecular complexity index is 375. The SMILES string of the molecule is CC(C)NCC1(CCc2nccn2C)CCCCC1. The number of imidazole rings is 1. The molecule has 1 aromatic heterocycles. The van der Waals surface area contributed by atoms with Crippen molar-refractivity contribution in [1.82, 2.24) is 14.9 Å². The van der Waals surface area contributed by atoms with Gasteiger partial charge in [0.05, 0.1) is 0 Å². The molecule has 1 aliphatic rings. The summed E-state index contributed by atoms with van der Waals surface area (Å²) in [5, 5.41) is 3.67. The molecule has 19 heavy (non-hydrogen) atoms. The van der Waals surface area contributed by atoms with Crippen LogP contribution in [-0.4, -0.2) is 22.1 Å². The van der Waals surface area contributed by atoms with Gasteiger partial charge in [0.2, 0.25) is 0 Å². The van der Waals surface area contributed by atoms with Crippen molar-refractivity contribution in [3.8, 4) is 0 Å². The van der Waals surface area contributed by atoms with Crippen molar-refractivity contribution in [2.24, 2.45) is 12.5 Å². The topological polar surface area (TPSA) is 29.9 Å². The van der Waals surface area contributed by atoms with E-state index in [9.17, 15) is 0 Å². The monoisotopic (exact) mass is 263 g/mol. The lowest BCUT2D eigenvalue weighted by Crippen LogP contribution is -2.39. The number of nitrogens with zero attached hydrogens (tertiary/aromatic N) is 2. The fraction of sp³-hybridized carbons (Fsp3) is 0.812. The predicted molar refractivity (Wildman–Crippen MR) is 80.2 cm³/mol. The molecule has 3 heteroatoms. The summed E-state index contributed by atoms with van der Waals surface area (Å²) >= 11 is 0. The summed E-state index contributed by atoms with van der Waals surface area (Å²) in [6, 6.07) is 0.590. The predicted octanol–water partition coefficient (Wildman–Crippen LogP) is 3.30. The van der Waals surface area contributed by atoms with Gasteiger partial charge in [-0.1, -0.05) is 33.1 Å². The quantitative estimate of drug-likeness (QED) is 0.853. The fourth-order valence-corrected chi connectivity index (χ4v) is 3.25. The maximum absolute atomic E-state index is 4.47. The molecule has 3 nitrogen and oxygen atoms in total. The van der Waals surface area contributed by atoms with Crippen molar-refractivity contribution in [2.75, 3.05) is 6.54 Å². The molecule has 1 aromatic rings. The Morgan fingerprint density at radius 1 is 1.32 bits per heavy atom. The van der Waals surface area contributed by atoms with Gasteiger partial charge in [0.1, 0.15) is 5.82 Å². The zero-order chi connectivity index (χ0) is 13.7. The molecule has 0 aliphatic heterocycles. The molecule has 0 unspecified atom stereocenters. The van der Waals surface area contributed by atoms with Gasteiger partial charge in [-0.15, -0.1) is 0 Å². The highest BCUT2D eigenvalue weighted by Crippen LogP contribution is 2.39. The molecule has 1 heterocycles. The third-order valence-corrected chi connectivity index (χ3v) is 4.60. The van der Waals surface area contributed by atoms with Crippen LogP contribution in [0.1, 0.15) is 58.2 Å². The van der Waals surface area contributed by atoms with Crippen LogP contribution >= 0.6 is 0 Å².